The van der Waals surface area contributed by atoms with Crippen molar-refractivity contribution < 1.29 is 22.8 Å². The third-order valence-electron chi connectivity index (χ3n) is 6.78. The Balaban J connectivity index is 1.72. The first kappa shape index (κ1) is 36.4. The highest BCUT2D eigenvalue weighted by Crippen LogP contribution is 2.34. The second kappa shape index (κ2) is 18.2. The summed E-state index contributed by atoms with van der Waals surface area (Å²) in [6.45, 7) is 19.8. The van der Waals surface area contributed by atoms with E-state index in [1.807, 2.05) is 90.1 Å². The molecule has 3 aromatic rings. The smallest absolute Gasteiger partial charge is 0.493 e. The first-order chi connectivity index (χ1) is 21.4. The molecule has 0 heterocycles. The normalized spacial score (nSPS) is 13.0. The summed E-state index contributed by atoms with van der Waals surface area (Å²) >= 11 is 0. The maximum atomic E-state index is 6.38. The summed E-state index contributed by atoms with van der Waals surface area (Å²) in [4.78, 5) is 0. The van der Waals surface area contributed by atoms with Gasteiger partial charge >= 0.3 is 8.80 Å². The second-order valence-corrected chi connectivity index (χ2v) is 15.4. The molecule has 45 heavy (non-hydrogen) atoms. The van der Waals surface area contributed by atoms with Gasteiger partial charge in [-0.1, -0.05) is 63.2 Å². The van der Waals surface area contributed by atoms with Gasteiger partial charge in [0.15, 0.2) is 5.75 Å². The van der Waals surface area contributed by atoms with Crippen LogP contribution in [0.15, 0.2) is 83.0 Å². The standard InChI is InChI=1S/C37H54N2O5Si/c1-27(2)24-32-16-18-33(19-17-32)31(9)26-41-37-25-35(20-21-36(37)39-38-34-14-11-10-12-15-34)40-22-13-23-45(42-28(3)4,43-29(5)6)44-30(7)8/h10-12,14-21,25,27-31H,13,22-24,26H2,1-9H3/t31-/m1/s1. The highest BCUT2D eigenvalue weighted by atomic mass is 28.4. The number of nitrogens with zero attached hydrogens (tertiary/aromatic N) is 2. The molecule has 7 nitrogen and oxygen atoms in total. The molecular weight excluding hydrogens is 581 g/mol. The number of ether oxygens (including phenoxy) is 2. The molecule has 0 unspecified atom stereocenters. The molecule has 0 spiro atoms. The second-order valence-electron chi connectivity index (χ2n) is 12.9. The van der Waals surface area contributed by atoms with Crippen molar-refractivity contribution in [1.82, 2.24) is 0 Å². The van der Waals surface area contributed by atoms with Gasteiger partial charge in [-0.15, -0.1) is 5.11 Å². The number of hydrogen-bond donors (Lipinski definition) is 0. The Hall–Kier alpha value is -3.04. The Labute approximate surface area is 272 Å². The van der Waals surface area contributed by atoms with E-state index in [1.165, 1.54) is 11.1 Å². The highest BCUT2D eigenvalue weighted by Gasteiger charge is 2.43. The zero-order valence-electron chi connectivity index (χ0n) is 28.8. The molecular formula is C37H54N2O5Si. The molecule has 0 saturated heterocycles. The van der Waals surface area contributed by atoms with E-state index in [-0.39, 0.29) is 24.2 Å². The van der Waals surface area contributed by atoms with Crippen LogP contribution in [0.4, 0.5) is 11.4 Å². The van der Waals surface area contributed by atoms with Gasteiger partial charge in [0.25, 0.3) is 0 Å². The van der Waals surface area contributed by atoms with Crippen molar-refractivity contribution in [2.75, 3.05) is 13.2 Å². The molecule has 0 aromatic heterocycles. The van der Waals surface area contributed by atoms with Crippen molar-refractivity contribution in [3.05, 3.63) is 83.9 Å². The van der Waals surface area contributed by atoms with Crippen LogP contribution in [0.3, 0.4) is 0 Å². The summed E-state index contributed by atoms with van der Waals surface area (Å²) < 4.78 is 31.6. The van der Waals surface area contributed by atoms with Gasteiger partial charge in [-0.25, -0.2) is 0 Å². The first-order valence-electron chi connectivity index (χ1n) is 16.4. The third kappa shape index (κ3) is 13.1. The summed E-state index contributed by atoms with van der Waals surface area (Å²) in [5, 5.41) is 8.94. The molecule has 0 aliphatic heterocycles. The van der Waals surface area contributed by atoms with Crippen LogP contribution in [0.25, 0.3) is 0 Å². The van der Waals surface area contributed by atoms with E-state index < -0.39 is 8.80 Å². The van der Waals surface area contributed by atoms with Gasteiger partial charge < -0.3 is 22.8 Å². The Morgan fingerprint density at radius 1 is 0.667 bits per heavy atom. The molecule has 3 aromatic carbocycles. The molecule has 0 amide bonds. The molecule has 246 valence electrons. The largest absolute Gasteiger partial charge is 0.501 e. The summed E-state index contributed by atoms with van der Waals surface area (Å²) in [5.74, 6) is 2.17. The monoisotopic (exact) mass is 634 g/mol. The first-order valence-corrected chi connectivity index (χ1v) is 18.4. The average molecular weight is 635 g/mol. The minimum atomic E-state index is -2.89. The molecule has 0 radical (unpaired) electrons. The maximum absolute atomic E-state index is 6.38. The summed E-state index contributed by atoms with van der Waals surface area (Å²) in [7, 11) is -2.89. The van der Waals surface area contributed by atoms with E-state index in [2.05, 4.69) is 55.3 Å². The molecule has 0 saturated carbocycles. The van der Waals surface area contributed by atoms with Crippen molar-refractivity contribution in [1.29, 1.82) is 0 Å². The minimum Gasteiger partial charge on any atom is -0.493 e. The van der Waals surface area contributed by atoms with Gasteiger partial charge in [0.1, 0.15) is 11.4 Å². The van der Waals surface area contributed by atoms with E-state index in [1.54, 1.807) is 0 Å². The summed E-state index contributed by atoms with van der Waals surface area (Å²) in [5.41, 5.74) is 4.03. The lowest BCUT2D eigenvalue weighted by molar-refractivity contribution is 0.00226. The Kier molecular flexibility index (Phi) is 14.7. The van der Waals surface area contributed by atoms with E-state index in [0.717, 1.165) is 18.5 Å². The third-order valence-corrected chi connectivity index (χ3v) is 10.2. The Bertz CT molecular complexity index is 1270. The van der Waals surface area contributed by atoms with Crippen molar-refractivity contribution in [3.63, 3.8) is 0 Å². The molecule has 0 bridgehead atoms. The zero-order chi connectivity index (χ0) is 32.8. The van der Waals surface area contributed by atoms with Gasteiger partial charge in [0.2, 0.25) is 0 Å². The maximum Gasteiger partial charge on any atom is 0.501 e. The Morgan fingerprint density at radius 3 is 1.87 bits per heavy atom. The lowest BCUT2D eigenvalue weighted by atomic mass is 9.97. The number of azo groups is 1. The zero-order valence-corrected chi connectivity index (χ0v) is 29.8. The fraction of sp³-hybridized carbons (Fsp3) is 0.514. The van der Waals surface area contributed by atoms with E-state index in [0.29, 0.717) is 42.4 Å². The van der Waals surface area contributed by atoms with E-state index in [9.17, 15) is 0 Å². The predicted molar refractivity (Wildman–Crippen MR) is 185 cm³/mol. The molecule has 0 fully saturated rings. The highest BCUT2D eigenvalue weighted by molar-refractivity contribution is 6.60. The van der Waals surface area contributed by atoms with Gasteiger partial charge in [-0.05, 0) is 95.7 Å². The van der Waals surface area contributed by atoms with Gasteiger partial charge in [-0.3, -0.25) is 0 Å². The molecule has 1 atom stereocenters. The summed E-state index contributed by atoms with van der Waals surface area (Å²) in [6, 6.07) is 24.9. The van der Waals surface area contributed by atoms with Gasteiger partial charge in [-0.2, -0.15) is 5.11 Å². The van der Waals surface area contributed by atoms with Crippen LogP contribution in [0.1, 0.15) is 85.8 Å². The minimum absolute atomic E-state index is 0.00718. The van der Waals surface area contributed by atoms with Crippen LogP contribution in [0.5, 0.6) is 11.5 Å². The predicted octanol–water partition coefficient (Wildman–Crippen LogP) is 10.5. The molecule has 0 N–H and O–H groups in total. The van der Waals surface area contributed by atoms with Crippen LogP contribution < -0.4 is 9.47 Å². The number of hydrogen-bond acceptors (Lipinski definition) is 7. The van der Waals surface area contributed by atoms with E-state index in [4.69, 9.17) is 22.8 Å². The van der Waals surface area contributed by atoms with Gasteiger partial charge in [0.05, 0.1) is 18.9 Å². The van der Waals surface area contributed by atoms with Crippen LogP contribution in [0, 0.1) is 5.92 Å². The van der Waals surface area contributed by atoms with Gasteiger partial charge in [0, 0.05) is 36.3 Å². The average Bonchev–Trinajstić information content (AvgIpc) is 2.97. The van der Waals surface area contributed by atoms with Crippen molar-refractivity contribution >= 4 is 20.2 Å². The number of rotatable bonds is 19. The lowest BCUT2D eigenvalue weighted by Gasteiger charge is -2.34. The van der Waals surface area contributed by atoms with Crippen LogP contribution in [0.2, 0.25) is 6.04 Å². The van der Waals surface area contributed by atoms with Crippen LogP contribution in [-0.4, -0.2) is 40.3 Å². The van der Waals surface area contributed by atoms with Crippen molar-refractivity contribution in [2.45, 2.75) is 105 Å². The fourth-order valence-electron chi connectivity index (χ4n) is 4.97. The SMILES string of the molecule is CC(C)Cc1ccc([C@H](C)COc2cc(OCCC[Si](OC(C)C)(OC(C)C)OC(C)C)ccc2N=Nc2ccccc2)cc1. The van der Waals surface area contributed by atoms with Crippen molar-refractivity contribution in [2.24, 2.45) is 16.1 Å². The molecule has 8 heteroatoms. The number of benzene rings is 3. The topological polar surface area (TPSA) is 70.9 Å². The van der Waals surface area contributed by atoms with Crippen LogP contribution >= 0.6 is 0 Å². The van der Waals surface area contributed by atoms with Crippen molar-refractivity contribution in [3.8, 4) is 11.5 Å². The fourth-order valence-corrected chi connectivity index (χ4v) is 8.22. The molecule has 0 aliphatic rings. The van der Waals surface area contributed by atoms with Crippen LogP contribution in [-0.2, 0) is 19.7 Å². The lowest BCUT2D eigenvalue weighted by Crippen LogP contribution is -2.50. The van der Waals surface area contributed by atoms with E-state index >= 15 is 0 Å². The summed E-state index contributed by atoms with van der Waals surface area (Å²) in [6.07, 6.45) is 1.83. The molecule has 3 rings (SSSR count). The Morgan fingerprint density at radius 2 is 1.29 bits per heavy atom. The quantitative estimate of drug-likeness (QED) is 0.0745. The molecule has 0 aliphatic carbocycles.